The van der Waals surface area contributed by atoms with Gasteiger partial charge in [-0.1, -0.05) is 43.7 Å². The number of Topliss-reactive ketones (excluding diaryl/α,β-unsaturated/α-hetero) is 1. The molecule has 4 rings (SSSR count). The van der Waals surface area contributed by atoms with Gasteiger partial charge < -0.3 is 14.6 Å². The molecular formula is C32H33NO6. The number of amides is 1. The number of aryl methyl sites for hydroxylation is 2. The van der Waals surface area contributed by atoms with E-state index in [9.17, 15) is 19.5 Å². The van der Waals surface area contributed by atoms with Gasteiger partial charge in [0.1, 0.15) is 11.5 Å². The third-order valence-electron chi connectivity index (χ3n) is 6.53. The molecule has 1 amide bonds. The van der Waals surface area contributed by atoms with Crippen LogP contribution in [0.4, 0.5) is 5.69 Å². The number of ketones is 1. The van der Waals surface area contributed by atoms with E-state index in [-0.39, 0.29) is 11.3 Å². The van der Waals surface area contributed by atoms with Crippen LogP contribution in [0.25, 0.3) is 5.76 Å². The minimum Gasteiger partial charge on any atom is -0.507 e. The topological polar surface area (TPSA) is 93.1 Å². The zero-order chi connectivity index (χ0) is 28.1. The number of esters is 1. The van der Waals surface area contributed by atoms with Crippen LogP contribution < -0.4 is 9.64 Å². The average molecular weight is 528 g/mol. The van der Waals surface area contributed by atoms with E-state index in [4.69, 9.17) is 9.47 Å². The largest absolute Gasteiger partial charge is 0.507 e. The number of nitrogens with zero attached hydrogens (tertiary/aromatic N) is 1. The quantitative estimate of drug-likeness (QED) is 0.152. The number of aliphatic hydroxyl groups excluding tert-OH is 1. The number of hydrogen-bond donors (Lipinski definition) is 1. The van der Waals surface area contributed by atoms with Gasteiger partial charge in [0.2, 0.25) is 0 Å². The second-order valence-electron chi connectivity index (χ2n) is 9.59. The van der Waals surface area contributed by atoms with Gasteiger partial charge in [0, 0.05) is 11.3 Å². The lowest BCUT2D eigenvalue weighted by molar-refractivity contribution is -0.132. The first kappa shape index (κ1) is 27.6. The van der Waals surface area contributed by atoms with Crippen molar-refractivity contribution in [2.75, 3.05) is 18.1 Å². The van der Waals surface area contributed by atoms with Gasteiger partial charge in [0.05, 0.1) is 30.4 Å². The number of benzene rings is 3. The third kappa shape index (κ3) is 5.72. The standard InChI is InChI=1S/C32H33NO6/c1-5-16-38-26-15-12-24(19-21(26)4)29(34)27-28(23-9-7-8-20(3)18-23)33(31(36)30(27)35)25-13-10-22(11-14-25)32(37)39-17-6-2/h7-15,18-19,28,34H,5-6,16-17H2,1-4H3/b29-27-. The molecule has 1 saturated heterocycles. The van der Waals surface area contributed by atoms with Gasteiger partial charge in [-0.3, -0.25) is 14.5 Å². The zero-order valence-corrected chi connectivity index (χ0v) is 22.7. The maximum Gasteiger partial charge on any atom is 0.338 e. The van der Waals surface area contributed by atoms with Crippen molar-refractivity contribution in [2.24, 2.45) is 0 Å². The Kier molecular flexibility index (Phi) is 8.49. The lowest BCUT2D eigenvalue weighted by Crippen LogP contribution is -2.29. The maximum atomic E-state index is 13.5. The number of anilines is 1. The fourth-order valence-corrected chi connectivity index (χ4v) is 4.62. The summed E-state index contributed by atoms with van der Waals surface area (Å²) in [6.07, 6.45) is 1.57. The van der Waals surface area contributed by atoms with E-state index in [0.717, 1.165) is 17.5 Å². The van der Waals surface area contributed by atoms with Crippen LogP contribution in [0.1, 0.15) is 65.3 Å². The Labute approximate surface area is 228 Å². The fourth-order valence-electron chi connectivity index (χ4n) is 4.62. The van der Waals surface area contributed by atoms with Crippen LogP contribution in [0.3, 0.4) is 0 Å². The Balaban J connectivity index is 1.80. The van der Waals surface area contributed by atoms with Crippen molar-refractivity contribution in [1.82, 2.24) is 0 Å². The molecule has 0 aromatic heterocycles. The van der Waals surface area contributed by atoms with Gasteiger partial charge in [-0.25, -0.2) is 4.79 Å². The molecule has 3 aromatic rings. The van der Waals surface area contributed by atoms with Crippen molar-refractivity contribution in [3.63, 3.8) is 0 Å². The summed E-state index contributed by atoms with van der Waals surface area (Å²) in [7, 11) is 0. The summed E-state index contributed by atoms with van der Waals surface area (Å²) >= 11 is 0. The molecule has 1 aliphatic heterocycles. The van der Waals surface area contributed by atoms with Crippen molar-refractivity contribution in [3.05, 3.63) is 100 Å². The van der Waals surface area contributed by atoms with Crippen molar-refractivity contribution < 1.29 is 29.0 Å². The highest BCUT2D eigenvalue weighted by Crippen LogP contribution is 2.42. The fraction of sp³-hybridized carbons (Fsp3) is 0.281. The summed E-state index contributed by atoms with van der Waals surface area (Å²) in [5, 5.41) is 11.4. The highest BCUT2D eigenvalue weighted by molar-refractivity contribution is 6.51. The summed E-state index contributed by atoms with van der Waals surface area (Å²) < 4.78 is 10.9. The number of ether oxygens (including phenoxy) is 2. The lowest BCUT2D eigenvalue weighted by Gasteiger charge is -2.26. The molecule has 0 saturated carbocycles. The van der Waals surface area contributed by atoms with E-state index < -0.39 is 23.7 Å². The van der Waals surface area contributed by atoms with E-state index in [1.807, 2.05) is 52.0 Å². The van der Waals surface area contributed by atoms with Crippen LogP contribution in [0, 0.1) is 13.8 Å². The van der Waals surface area contributed by atoms with Crippen LogP contribution in [0.2, 0.25) is 0 Å². The first-order chi connectivity index (χ1) is 18.8. The Morgan fingerprint density at radius 1 is 0.897 bits per heavy atom. The van der Waals surface area contributed by atoms with E-state index in [2.05, 4.69) is 0 Å². The third-order valence-corrected chi connectivity index (χ3v) is 6.53. The van der Waals surface area contributed by atoms with Crippen molar-refractivity contribution >= 4 is 29.1 Å². The lowest BCUT2D eigenvalue weighted by atomic mass is 9.93. The number of hydrogen-bond acceptors (Lipinski definition) is 6. The second-order valence-corrected chi connectivity index (χ2v) is 9.59. The Hall–Kier alpha value is -4.39. The molecule has 0 radical (unpaired) electrons. The Morgan fingerprint density at radius 3 is 2.23 bits per heavy atom. The minimum absolute atomic E-state index is 0.00124. The summed E-state index contributed by atoms with van der Waals surface area (Å²) in [6.45, 7) is 8.60. The van der Waals surface area contributed by atoms with Gasteiger partial charge in [0.15, 0.2) is 0 Å². The normalized spacial score (nSPS) is 16.4. The summed E-state index contributed by atoms with van der Waals surface area (Å²) in [5.41, 5.74) is 3.62. The molecule has 202 valence electrons. The van der Waals surface area contributed by atoms with Crippen molar-refractivity contribution in [1.29, 1.82) is 0 Å². The predicted molar refractivity (Wildman–Crippen MR) is 150 cm³/mol. The van der Waals surface area contributed by atoms with E-state index in [1.54, 1.807) is 42.5 Å². The monoisotopic (exact) mass is 527 g/mol. The maximum absolute atomic E-state index is 13.5. The van der Waals surface area contributed by atoms with Gasteiger partial charge in [-0.2, -0.15) is 0 Å². The molecule has 0 aliphatic carbocycles. The SMILES string of the molecule is CCCOC(=O)c1ccc(N2C(=O)C(=O)/C(=C(\O)c3ccc(OCCC)c(C)c3)C2c2cccc(C)c2)cc1. The number of carbonyl (C=O) groups excluding carboxylic acids is 3. The van der Waals surface area contributed by atoms with Crippen LogP contribution in [0.5, 0.6) is 5.75 Å². The predicted octanol–water partition coefficient (Wildman–Crippen LogP) is 6.29. The first-order valence-electron chi connectivity index (χ1n) is 13.1. The van der Waals surface area contributed by atoms with Gasteiger partial charge in [-0.05, 0) is 80.3 Å². The highest BCUT2D eigenvalue weighted by atomic mass is 16.5. The zero-order valence-electron chi connectivity index (χ0n) is 22.7. The average Bonchev–Trinajstić information content (AvgIpc) is 3.20. The van der Waals surface area contributed by atoms with Crippen LogP contribution >= 0.6 is 0 Å². The number of aliphatic hydroxyl groups is 1. The Morgan fingerprint density at radius 2 is 1.59 bits per heavy atom. The summed E-state index contributed by atoms with van der Waals surface area (Å²) in [6, 6.07) is 18.2. The molecule has 1 aliphatic rings. The van der Waals surface area contributed by atoms with Crippen molar-refractivity contribution in [2.45, 2.75) is 46.6 Å². The molecule has 1 atom stereocenters. The van der Waals surface area contributed by atoms with Crippen LogP contribution in [-0.4, -0.2) is 36.0 Å². The van der Waals surface area contributed by atoms with Gasteiger partial charge >= 0.3 is 5.97 Å². The molecule has 0 bridgehead atoms. The number of rotatable bonds is 9. The first-order valence-corrected chi connectivity index (χ1v) is 13.1. The highest BCUT2D eigenvalue weighted by Gasteiger charge is 2.47. The van der Waals surface area contributed by atoms with E-state index >= 15 is 0 Å². The minimum atomic E-state index is -0.862. The Bertz CT molecular complexity index is 1420. The molecule has 1 heterocycles. The molecule has 7 nitrogen and oxygen atoms in total. The van der Waals surface area contributed by atoms with Gasteiger partial charge in [0.25, 0.3) is 11.7 Å². The number of carbonyl (C=O) groups is 3. The molecule has 39 heavy (non-hydrogen) atoms. The molecule has 1 fully saturated rings. The van der Waals surface area contributed by atoms with Crippen molar-refractivity contribution in [3.8, 4) is 5.75 Å². The summed E-state index contributed by atoms with van der Waals surface area (Å²) in [4.78, 5) is 40.5. The smallest absolute Gasteiger partial charge is 0.338 e. The second kappa shape index (κ2) is 12.0. The van der Waals surface area contributed by atoms with E-state index in [1.165, 1.54) is 4.90 Å². The van der Waals surface area contributed by atoms with Crippen LogP contribution in [-0.2, 0) is 14.3 Å². The van der Waals surface area contributed by atoms with E-state index in [0.29, 0.717) is 47.8 Å². The van der Waals surface area contributed by atoms with Gasteiger partial charge in [-0.15, -0.1) is 0 Å². The molecule has 1 N–H and O–H groups in total. The molecule has 7 heteroatoms. The molecule has 3 aromatic carbocycles. The van der Waals surface area contributed by atoms with Crippen LogP contribution in [0.15, 0.2) is 72.3 Å². The molecule has 1 unspecified atom stereocenters. The summed E-state index contributed by atoms with van der Waals surface area (Å²) in [5.74, 6) is -1.56. The molecular weight excluding hydrogens is 494 g/mol. The molecule has 0 spiro atoms.